The van der Waals surface area contributed by atoms with E-state index in [0.717, 1.165) is 6.20 Å². The topological polar surface area (TPSA) is 104 Å². The number of fused-ring (bicyclic) bond motifs is 1. The summed E-state index contributed by atoms with van der Waals surface area (Å²) >= 11 is 0. The third-order valence-corrected chi connectivity index (χ3v) is 1.69. The van der Waals surface area contributed by atoms with E-state index in [1.54, 1.807) is 7.05 Å². The normalized spacial score (nSPS) is 10.4. The smallest absolute Gasteiger partial charge is 0.278 e. The third-order valence-electron chi connectivity index (χ3n) is 1.69. The van der Waals surface area contributed by atoms with Crippen molar-refractivity contribution in [2.45, 2.75) is 0 Å². The maximum Gasteiger partial charge on any atom is 0.278 e. The highest BCUT2D eigenvalue weighted by Crippen LogP contribution is 1.98. The first-order valence-corrected chi connectivity index (χ1v) is 3.88. The van der Waals surface area contributed by atoms with Crippen LogP contribution in [0.3, 0.4) is 0 Å². The molecular formula is C7H7N5O2. The summed E-state index contributed by atoms with van der Waals surface area (Å²) in [4.78, 5) is 34.7. The molecule has 0 amide bonds. The van der Waals surface area contributed by atoms with Gasteiger partial charge >= 0.3 is 0 Å². The minimum Gasteiger partial charge on any atom is -0.359 e. The standard InChI is InChI=1S/C7H7N5O2/c1-8-7-11-5-4(6(14)12-7)10-3(13)2-9-5/h2H,1H3,(H,10,13)(H2,8,9,11,12,14). The van der Waals surface area contributed by atoms with Crippen LogP contribution in [0.1, 0.15) is 0 Å². The van der Waals surface area contributed by atoms with Crippen LogP contribution in [-0.4, -0.2) is 27.0 Å². The highest BCUT2D eigenvalue weighted by Gasteiger charge is 2.03. The van der Waals surface area contributed by atoms with E-state index < -0.39 is 11.1 Å². The minimum absolute atomic E-state index is 0.0801. The maximum absolute atomic E-state index is 11.4. The van der Waals surface area contributed by atoms with Crippen molar-refractivity contribution in [1.29, 1.82) is 0 Å². The Bertz CT molecular complexity index is 584. The van der Waals surface area contributed by atoms with Crippen LogP contribution in [0.2, 0.25) is 0 Å². The SMILES string of the molecule is CNc1nc2ncc(=O)[nH]c2c(=O)[nH]1. The van der Waals surface area contributed by atoms with Crippen LogP contribution in [0.25, 0.3) is 11.2 Å². The first kappa shape index (κ1) is 8.42. The molecule has 0 spiro atoms. The Labute approximate surface area is 77.2 Å². The average Bonchev–Trinajstić information content (AvgIpc) is 2.19. The zero-order valence-electron chi connectivity index (χ0n) is 7.29. The lowest BCUT2D eigenvalue weighted by molar-refractivity contribution is 1.09. The number of anilines is 1. The molecule has 2 aromatic heterocycles. The average molecular weight is 193 g/mol. The van der Waals surface area contributed by atoms with Gasteiger partial charge in [-0.05, 0) is 0 Å². The van der Waals surface area contributed by atoms with Crippen molar-refractivity contribution < 1.29 is 0 Å². The molecular weight excluding hydrogens is 186 g/mol. The number of hydrogen-bond donors (Lipinski definition) is 3. The molecule has 2 heterocycles. The van der Waals surface area contributed by atoms with Crippen LogP contribution in [0.15, 0.2) is 15.8 Å². The number of H-pyrrole nitrogens is 2. The van der Waals surface area contributed by atoms with E-state index in [4.69, 9.17) is 0 Å². The molecule has 0 saturated heterocycles. The fourth-order valence-electron chi connectivity index (χ4n) is 1.06. The second-order valence-corrected chi connectivity index (χ2v) is 2.61. The molecule has 0 aliphatic heterocycles. The van der Waals surface area contributed by atoms with Crippen molar-refractivity contribution in [1.82, 2.24) is 19.9 Å². The molecule has 3 N–H and O–H groups in total. The Morgan fingerprint density at radius 3 is 2.86 bits per heavy atom. The lowest BCUT2D eigenvalue weighted by Gasteiger charge is -1.99. The first-order valence-electron chi connectivity index (χ1n) is 3.88. The van der Waals surface area contributed by atoms with Gasteiger partial charge in [0.05, 0.1) is 6.20 Å². The van der Waals surface area contributed by atoms with Gasteiger partial charge in [0.25, 0.3) is 11.1 Å². The maximum atomic E-state index is 11.4. The lowest BCUT2D eigenvalue weighted by atomic mass is 10.5. The summed E-state index contributed by atoms with van der Waals surface area (Å²) in [5, 5.41) is 2.68. The van der Waals surface area contributed by atoms with Crippen LogP contribution in [0.5, 0.6) is 0 Å². The van der Waals surface area contributed by atoms with Crippen molar-refractivity contribution in [2.24, 2.45) is 0 Å². The van der Waals surface area contributed by atoms with Gasteiger partial charge in [-0.25, -0.2) is 4.98 Å². The lowest BCUT2D eigenvalue weighted by Crippen LogP contribution is -2.17. The summed E-state index contributed by atoms with van der Waals surface area (Å²) in [7, 11) is 1.62. The number of rotatable bonds is 1. The fourth-order valence-corrected chi connectivity index (χ4v) is 1.06. The largest absolute Gasteiger partial charge is 0.359 e. The van der Waals surface area contributed by atoms with Crippen molar-refractivity contribution in [3.8, 4) is 0 Å². The zero-order chi connectivity index (χ0) is 10.1. The number of hydrogen-bond acceptors (Lipinski definition) is 5. The summed E-state index contributed by atoms with van der Waals surface area (Å²) in [6, 6.07) is 0. The summed E-state index contributed by atoms with van der Waals surface area (Å²) in [5.74, 6) is 0.307. The van der Waals surface area contributed by atoms with Gasteiger partial charge in [0.2, 0.25) is 5.95 Å². The van der Waals surface area contributed by atoms with Gasteiger partial charge in [-0.1, -0.05) is 0 Å². The van der Waals surface area contributed by atoms with E-state index in [1.165, 1.54) is 0 Å². The number of aromatic nitrogens is 4. The summed E-state index contributed by atoms with van der Waals surface area (Å²) in [6.45, 7) is 0. The Balaban J connectivity index is 2.90. The molecule has 0 fully saturated rings. The minimum atomic E-state index is -0.429. The van der Waals surface area contributed by atoms with Gasteiger partial charge in [-0.2, -0.15) is 4.98 Å². The van der Waals surface area contributed by atoms with Gasteiger partial charge in [-0.3, -0.25) is 14.6 Å². The molecule has 0 bridgehead atoms. The predicted molar refractivity (Wildman–Crippen MR) is 50.3 cm³/mol. The van der Waals surface area contributed by atoms with Crippen LogP contribution >= 0.6 is 0 Å². The van der Waals surface area contributed by atoms with E-state index in [2.05, 4.69) is 25.3 Å². The number of nitrogens with one attached hydrogen (secondary N) is 3. The molecule has 2 rings (SSSR count). The quantitative estimate of drug-likeness (QED) is 0.541. The molecule has 7 nitrogen and oxygen atoms in total. The van der Waals surface area contributed by atoms with Crippen molar-refractivity contribution >= 4 is 17.1 Å². The number of aromatic amines is 2. The Kier molecular flexibility index (Phi) is 1.77. The van der Waals surface area contributed by atoms with E-state index in [9.17, 15) is 9.59 Å². The molecule has 14 heavy (non-hydrogen) atoms. The summed E-state index contributed by atoms with van der Waals surface area (Å²) in [5.41, 5.74) is -0.569. The Morgan fingerprint density at radius 2 is 2.14 bits per heavy atom. The molecule has 2 aromatic rings. The third kappa shape index (κ3) is 1.24. The second-order valence-electron chi connectivity index (χ2n) is 2.61. The van der Waals surface area contributed by atoms with Gasteiger partial charge in [-0.15, -0.1) is 0 Å². The van der Waals surface area contributed by atoms with Crippen molar-refractivity contribution in [3.63, 3.8) is 0 Å². The van der Waals surface area contributed by atoms with Gasteiger partial charge in [0.15, 0.2) is 11.2 Å². The molecule has 0 aromatic carbocycles. The molecule has 0 aliphatic carbocycles. The monoisotopic (exact) mass is 193 g/mol. The molecule has 0 atom stereocenters. The highest BCUT2D eigenvalue weighted by atomic mass is 16.1. The van der Waals surface area contributed by atoms with Crippen LogP contribution < -0.4 is 16.4 Å². The zero-order valence-corrected chi connectivity index (χ0v) is 7.29. The summed E-state index contributed by atoms with van der Waals surface area (Å²) in [6.07, 6.45) is 1.08. The summed E-state index contributed by atoms with van der Waals surface area (Å²) < 4.78 is 0. The van der Waals surface area contributed by atoms with Crippen LogP contribution in [0.4, 0.5) is 5.95 Å². The van der Waals surface area contributed by atoms with Crippen LogP contribution in [-0.2, 0) is 0 Å². The predicted octanol–water partition coefficient (Wildman–Crippen LogP) is -0.952. The Hall–Kier alpha value is -2.18. The fraction of sp³-hybridized carbons (Fsp3) is 0.143. The molecule has 0 saturated carbocycles. The molecule has 72 valence electrons. The second kappa shape index (κ2) is 2.95. The van der Waals surface area contributed by atoms with E-state index >= 15 is 0 Å². The van der Waals surface area contributed by atoms with E-state index in [0.29, 0.717) is 5.95 Å². The van der Waals surface area contributed by atoms with Gasteiger partial charge in [0.1, 0.15) is 0 Å². The molecule has 7 heteroatoms. The van der Waals surface area contributed by atoms with Crippen LogP contribution in [0, 0.1) is 0 Å². The number of nitrogens with zero attached hydrogens (tertiary/aromatic N) is 2. The van der Waals surface area contributed by atoms with E-state index in [-0.39, 0.29) is 11.2 Å². The van der Waals surface area contributed by atoms with Crippen molar-refractivity contribution in [3.05, 3.63) is 26.9 Å². The Morgan fingerprint density at radius 1 is 1.36 bits per heavy atom. The first-order chi connectivity index (χ1) is 6.70. The van der Waals surface area contributed by atoms with Gasteiger partial charge in [0, 0.05) is 7.05 Å². The van der Waals surface area contributed by atoms with Gasteiger partial charge < -0.3 is 10.3 Å². The van der Waals surface area contributed by atoms with E-state index in [1.807, 2.05) is 0 Å². The highest BCUT2D eigenvalue weighted by molar-refractivity contribution is 5.68. The molecule has 0 unspecified atom stereocenters. The molecule has 0 aliphatic rings. The molecule has 0 radical (unpaired) electrons. The van der Waals surface area contributed by atoms with Crippen molar-refractivity contribution in [2.75, 3.05) is 12.4 Å².